The fourth-order valence-electron chi connectivity index (χ4n) is 3.74. The Kier molecular flexibility index (Phi) is 4.96. The highest BCUT2D eigenvalue weighted by Crippen LogP contribution is 2.46. The molecule has 0 bridgehead atoms. The maximum absolute atomic E-state index is 11.0. The molecule has 6 heteroatoms. The highest BCUT2D eigenvalue weighted by Gasteiger charge is 2.45. The number of nitrogens with zero attached hydrogens (tertiary/aromatic N) is 2. The first-order valence-corrected chi connectivity index (χ1v) is 10.2. The fraction of sp³-hybridized carbons (Fsp3) is 0.160. The van der Waals surface area contributed by atoms with E-state index in [0.29, 0.717) is 24.6 Å². The monoisotopic (exact) mass is 411 g/mol. The molecule has 0 spiro atoms. The lowest BCUT2D eigenvalue weighted by atomic mass is 10.0. The number of aliphatic carboxylic acids is 1. The second-order valence-electron chi connectivity index (χ2n) is 7.72. The summed E-state index contributed by atoms with van der Waals surface area (Å²) >= 11 is 0. The quantitative estimate of drug-likeness (QED) is 0.451. The van der Waals surface area contributed by atoms with Gasteiger partial charge in [0, 0.05) is 17.8 Å². The zero-order valence-corrected chi connectivity index (χ0v) is 16.7. The number of nitrogens with one attached hydrogen (secondary N) is 1. The van der Waals surface area contributed by atoms with E-state index in [1.807, 2.05) is 24.4 Å². The number of H-pyrrole nitrogens is 1. The Morgan fingerprint density at radius 1 is 1.00 bits per heavy atom. The van der Waals surface area contributed by atoms with Gasteiger partial charge in [-0.3, -0.25) is 9.78 Å². The van der Waals surface area contributed by atoms with Gasteiger partial charge in [0.1, 0.15) is 6.61 Å². The summed E-state index contributed by atoms with van der Waals surface area (Å²) in [5, 5.41) is 9.04. The van der Waals surface area contributed by atoms with Crippen LogP contribution in [0.15, 0.2) is 79.3 Å². The van der Waals surface area contributed by atoms with Crippen LogP contribution in [0.5, 0.6) is 5.88 Å². The predicted octanol–water partition coefficient (Wildman–Crippen LogP) is 4.91. The largest absolute Gasteiger partial charge is 0.481 e. The molecule has 4 aromatic rings. The van der Waals surface area contributed by atoms with Crippen LogP contribution >= 0.6 is 0 Å². The molecule has 154 valence electrons. The highest BCUT2D eigenvalue weighted by atomic mass is 16.5. The maximum atomic E-state index is 11.0. The number of aromatic amines is 1. The molecule has 2 aromatic carbocycles. The van der Waals surface area contributed by atoms with Crippen molar-refractivity contribution in [2.24, 2.45) is 5.92 Å². The van der Waals surface area contributed by atoms with Crippen LogP contribution in [0.25, 0.3) is 22.4 Å². The molecule has 2 N–H and O–H groups in total. The number of benzene rings is 2. The summed E-state index contributed by atoms with van der Waals surface area (Å²) in [5.74, 6) is -0.706. The lowest BCUT2D eigenvalue weighted by molar-refractivity contribution is -0.138. The molecule has 2 aromatic heterocycles. The predicted molar refractivity (Wildman–Crippen MR) is 117 cm³/mol. The van der Waals surface area contributed by atoms with Crippen molar-refractivity contribution in [2.75, 3.05) is 0 Å². The maximum Gasteiger partial charge on any atom is 0.307 e. The van der Waals surface area contributed by atoms with Crippen LogP contribution in [-0.2, 0) is 11.4 Å². The Bertz CT molecular complexity index is 1190. The van der Waals surface area contributed by atoms with Crippen molar-refractivity contribution in [1.29, 1.82) is 0 Å². The lowest BCUT2D eigenvalue weighted by Crippen LogP contribution is -2.02. The Labute approximate surface area is 179 Å². The van der Waals surface area contributed by atoms with E-state index in [-0.39, 0.29) is 11.8 Å². The molecular weight excluding hydrogens is 390 g/mol. The summed E-state index contributed by atoms with van der Waals surface area (Å²) in [5.41, 5.74) is 6.25. The summed E-state index contributed by atoms with van der Waals surface area (Å²) in [6.45, 7) is 0.379. The number of hydrogen-bond acceptors (Lipinski definition) is 4. The Morgan fingerprint density at radius 2 is 1.84 bits per heavy atom. The van der Waals surface area contributed by atoms with E-state index in [4.69, 9.17) is 9.84 Å². The Hall–Kier alpha value is -3.93. The van der Waals surface area contributed by atoms with Gasteiger partial charge in [-0.2, -0.15) is 0 Å². The molecule has 0 radical (unpaired) electrons. The normalized spacial score (nSPS) is 17.3. The summed E-state index contributed by atoms with van der Waals surface area (Å²) in [4.78, 5) is 22.8. The van der Waals surface area contributed by atoms with E-state index >= 15 is 0 Å². The lowest BCUT2D eigenvalue weighted by Gasteiger charge is -2.08. The van der Waals surface area contributed by atoms with E-state index in [0.717, 1.165) is 27.9 Å². The van der Waals surface area contributed by atoms with Crippen molar-refractivity contribution < 1.29 is 14.6 Å². The molecule has 0 aliphatic heterocycles. The first-order chi connectivity index (χ1) is 15.2. The van der Waals surface area contributed by atoms with Gasteiger partial charge in [0.2, 0.25) is 5.88 Å². The van der Waals surface area contributed by atoms with Gasteiger partial charge in [-0.25, -0.2) is 4.98 Å². The van der Waals surface area contributed by atoms with Crippen LogP contribution < -0.4 is 4.74 Å². The van der Waals surface area contributed by atoms with Gasteiger partial charge in [0.25, 0.3) is 0 Å². The second kappa shape index (κ2) is 8.07. The summed E-state index contributed by atoms with van der Waals surface area (Å²) < 4.78 is 5.79. The van der Waals surface area contributed by atoms with Crippen LogP contribution in [0.2, 0.25) is 0 Å². The molecule has 0 saturated heterocycles. The minimum Gasteiger partial charge on any atom is -0.481 e. The minimum absolute atomic E-state index is 0.0286. The van der Waals surface area contributed by atoms with E-state index in [2.05, 4.69) is 57.4 Å². The third-order valence-electron chi connectivity index (χ3n) is 5.58. The molecule has 31 heavy (non-hydrogen) atoms. The summed E-state index contributed by atoms with van der Waals surface area (Å²) in [7, 11) is 0. The number of ether oxygens (including phenoxy) is 1. The molecule has 0 amide bonds. The number of carboxylic acid groups (broad SMARTS) is 1. The standard InChI is InChI=1S/C25H21N3O3/c29-25(30)21-12-20(21)23-13-28-24(14-27-23)31-15-16-3-1-4-19(11-16)17-6-8-18(9-7-17)22-5-2-10-26-22/h1-11,13-14,20-21,26H,12,15H2,(H,29,30)/t20-,21-/m0/s1. The number of hydrogen-bond donors (Lipinski definition) is 2. The van der Waals surface area contributed by atoms with Gasteiger partial charge in [-0.1, -0.05) is 42.5 Å². The molecule has 0 unspecified atom stereocenters. The van der Waals surface area contributed by atoms with Crippen LogP contribution in [0.3, 0.4) is 0 Å². The smallest absolute Gasteiger partial charge is 0.307 e. The Balaban J connectivity index is 1.23. The molecule has 2 atom stereocenters. The number of rotatable bonds is 7. The van der Waals surface area contributed by atoms with Crippen LogP contribution in [0.4, 0.5) is 0 Å². The average molecular weight is 411 g/mol. The third kappa shape index (κ3) is 4.19. The van der Waals surface area contributed by atoms with Crippen molar-refractivity contribution in [3.05, 3.63) is 90.5 Å². The molecule has 1 aliphatic rings. The average Bonchev–Trinajstić information content (AvgIpc) is 3.44. The van der Waals surface area contributed by atoms with Gasteiger partial charge < -0.3 is 14.8 Å². The van der Waals surface area contributed by atoms with Crippen LogP contribution in [0.1, 0.15) is 23.6 Å². The van der Waals surface area contributed by atoms with Crippen LogP contribution in [-0.4, -0.2) is 26.0 Å². The highest BCUT2D eigenvalue weighted by molar-refractivity contribution is 5.75. The summed E-state index contributed by atoms with van der Waals surface area (Å²) in [6, 6.07) is 20.7. The van der Waals surface area contributed by atoms with E-state index < -0.39 is 5.97 Å². The molecule has 6 nitrogen and oxygen atoms in total. The van der Waals surface area contributed by atoms with Gasteiger partial charge in [0.15, 0.2) is 0 Å². The number of aromatic nitrogens is 3. The van der Waals surface area contributed by atoms with Gasteiger partial charge >= 0.3 is 5.97 Å². The van der Waals surface area contributed by atoms with Gasteiger partial charge in [0.05, 0.1) is 24.0 Å². The summed E-state index contributed by atoms with van der Waals surface area (Å²) in [6.07, 6.45) is 5.73. The van der Waals surface area contributed by atoms with E-state index in [1.54, 1.807) is 12.4 Å². The molecule has 1 fully saturated rings. The topological polar surface area (TPSA) is 88.1 Å². The van der Waals surface area contributed by atoms with Crippen molar-refractivity contribution in [3.63, 3.8) is 0 Å². The number of carbonyl (C=O) groups is 1. The van der Waals surface area contributed by atoms with E-state index in [1.165, 1.54) is 0 Å². The molecule has 1 aliphatic carbocycles. The fourth-order valence-corrected chi connectivity index (χ4v) is 3.74. The van der Waals surface area contributed by atoms with E-state index in [9.17, 15) is 4.79 Å². The minimum atomic E-state index is -0.772. The Morgan fingerprint density at radius 3 is 2.52 bits per heavy atom. The van der Waals surface area contributed by atoms with Gasteiger partial charge in [-0.05, 0) is 46.9 Å². The molecule has 5 rings (SSSR count). The first kappa shape index (κ1) is 19.1. The number of carboxylic acids is 1. The van der Waals surface area contributed by atoms with Crippen LogP contribution in [0, 0.1) is 5.92 Å². The molecular formula is C25H21N3O3. The zero-order valence-electron chi connectivity index (χ0n) is 16.7. The van der Waals surface area contributed by atoms with Gasteiger partial charge in [-0.15, -0.1) is 0 Å². The van der Waals surface area contributed by atoms with Crippen molar-refractivity contribution >= 4 is 5.97 Å². The first-order valence-electron chi connectivity index (χ1n) is 10.2. The zero-order chi connectivity index (χ0) is 21.2. The van der Waals surface area contributed by atoms with Crippen molar-refractivity contribution in [1.82, 2.24) is 15.0 Å². The molecule has 2 heterocycles. The SMILES string of the molecule is O=C(O)[C@H]1C[C@@H]1c1cnc(OCc2cccc(-c3ccc(-c4ccc[nH]4)cc3)c2)cn1. The molecule has 1 saturated carbocycles. The second-order valence-corrected chi connectivity index (χ2v) is 7.72. The third-order valence-corrected chi connectivity index (χ3v) is 5.58. The van der Waals surface area contributed by atoms with Crippen molar-refractivity contribution in [3.8, 4) is 28.3 Å². The van der Waals surface area contributed by atoms with Crippen molar-refractivity contribution in [2.45, 2.75) is 18.9 Å².